The summed E-state index contributed by atoms with van der Waals surface area (Å²) in [5, 5.41) is 1.06. The number of fused-ring (bicyclic) bond motifs is 1. The Kier molecular flexibility index (Phi) is 6.22. The molecule has 1 aromatic heterocycles. The molecule has 4 atom stereocenters. The van der Waals surface area contributed by atoms with Crippen LogP contribution in [0.1, 0.15) is 20.1 Å². The summed E-state index contributed by atoms with van der Waals surface area (Å²) in [7, 11) is 0. The van der Waals surface area contributed by atoms with Crippen molar-refractivity contribution < 1.29 is 23.8 Å². The molecule has 1 aliphatic heterocycles. The molecule has 2 aromatic rings. The van der Waals surface area contributed by atoms with E-state index in [1.165, 1.54) is 18.4 Å². The number of alkyl halides is 1. The zero-order valence-electron chi connectivity index (χ0n) is 14.1. The number of esters is 2. The SMILES string of the molecule is CC(=O)O[C@@H]1[C@H](OC(C)=O)[C@@H](CBr)O[C@H]1n1c(Cl)nc2cc(Cl)c(Cl)cc21. The molecule has 0 aliphatic carbocycles. The van der Waals surface area contributed by atoms with E-state index in [0.29, 0.717) is 26.4 Å². The molecule has 11 heteroatoms. The largest absolute Gasteiger partial charge is 0.456 e. The standard InChI is InChI=1S/C16H14BrCl3N2O5/c1-6(23)25-13-12(5-17)27-15(14(13)26-7(2)24)22-11-4-9(19)8(18)3-10(11)21-16(22)20/h3-4,12-15H,5H2,1-2H3/t12-,13-,14-,15-/m1/s1. The van der Waals surface area contributed by atoms with Gasteiger partial charge in [0.05, 0.1) is 21.1 Å². The zero-order valence-corrected chi connectivity index (χ0v) is 18.0. The summed E-state index contributed by atoms with van der Waals surface area (Å²) < 4.78 is 18.3. The van der Waals surface area contributed by atoms with Crippen LogP contribution in [0.3, 0.4) is 0 Å². The number of ether oxygens (including phenoxy) is 3. The van der Waals surface area contributed by atoms with E-state index in [1.807, 2.05) is 0 Å². The fourth-order valence-corrected chi connectivity index (χ4v) is 4.11. The lowest BCUT2D eigenvalue weighted by Crippen LogP contribution is -2.39. The van der Waals surface area contributed by atoms with E-state index in [2.05, 4.69) is 20.9 Å². The first-order chi connectivity index (χ1) is 12.7. The fourth-order valence-electron chi connectivity index (χ4n) is 2.99. The van der Waals surface area contributed by atoms with Crippen LogP contribution in [0.5, 0.6) is 0 Å². The third kappa shape index (κ3) is 4.05. The minimum atomic E-state index is -0.932. The fraction of sp³-hybridized carbons (Fsp3) is 0.438. The summed E-state index contributed by atoms with van der Waals surface area (Å²) in [5.74, 6) is -1.08. The van der Waals surface area contributed by atoms with E-state index in [1.54, 1.807) is 12.1 Å². The number of benzene rings is 1. The smallest absolute Gasteiger partial charge is 0.303 e. The van der Waals surface area contributed by atoms with Gasteiger partial charge in [0, 0.05) is 19.2 Å². The third-order valence-corrected chi connectivity index (χ3v) is 5.61. The molecule has 1 aliphatic rings. The molecule has 7 nitrogen and oxygen atoms in total. The number of hydrogen-bond donors (Lipinski definition) is 0. The van der Waals surface area contributed by atoms with Gasteiger partial charge in [0.2, 0.25) is 5.28 Å². The lowest BCUT2D eigenvalue weighted by molar-refractivity contribution is -0.165. The van der Waals surface area contributed by atoms with Crippen LogP contribution in [0, 0.1) is 0 Å². The molecule has 0 bridgehead atoms. The Balaban J connectivity index is 2.12. The predicted octanol–water partition coefficient (Wildman–Crippen LogP) is 4.15. The molecule has 1 aromatic carbocycles. The molecule has 0 saturated carbocycles. The van der Waals surface area contributed by atoms with Gasteiger partial charge in [-0.05, 0) is 23.7 Å². The number of rotatable bonds is 4. The number of hydrogen-bond acceptors (Lipinski definition) is 6. The molecule has 1 fully saturated rings. The highest BCUT2D eigenvalue weighted by Crippen LogP contribution is 2.40. The Hall–Kier alpha value is -1.06. The van der Waals surface area contributed by atoms with Crippen LogP contribution < -0.4 is 0 Å². The molecule has 3 rings (SSSR count). The molecular formula is C16H14BrCl3N2O5. The zero-order chi connectivity index (χ0) is 19.9. The molecular weight excluding hydrogens is 486 g/mol. The minimum Gasteiger partial charge on any atom is -0.456 e. The monoisotopic (exact) mass is 498 g/mol. The second kappa shape index (κ2) is 8.13. The lowest BCUT2D eigenvalue weighted by Gasteiger charge is -2.24. The predicted molar refractivity (Wildman–Crippen MR) is 104 cm³/mol. The summed E-state index contributed by atoms with van der Waals surface area (Å²) in [6.07, 6.45) is -3.21. The molecule has 0 radical (unpaired) electrons. The van der Waals surface area contributed by atoms with Crippen LogP contribution >= 0.6 is 50.7 Å². The maximum Gasteiger partial charge on any atom is 0.303 e. The van der Waals surface area contributed by atoms with Gasteiger partial charge in [0.15, 0.2) is 18.4 Å². The highest BCUT2D eigenvalue weighted by atomic mass is 79.9. The number of carbonyl (C=O) groups excluding carboxylic acids is 2. The molecule has 0 spiro atoms. The summed E-state index contributed by atoms with van der Waals surface area (Å²) in [5.41, 5.74) is 1.03. The van der Waals surface area contributed by atoms with Crippen molar-refractivity contribution in [3.63, 3.8) is 0 Å². The van der Waals surface area contributed by atoms with E-state index in [-0.39, 0.29) is 5.28 Å². The van der Waals surface area contributed by atoms with Crippen LogP contribution in [-0.4, -0.2) is 45.1 Å². The highest BCUT2D eigenvalue weighted by Gasteiger charge is 2.50. The van der Waals surface area contributed by atoms with Crippen LogP contribution in [0.25, 0.3) is 11.0 Å². The van der Waals surface area contributed by atoms with E-state index >= 15 is 0 Å². The number of nitrogens with zero attached hydrogens (tertiary/aromatic N) is 2. The quantitative estimate of drug-likeness (QED) is 0.464. The van der Waals surface area contributed by atoms with Crippen molar-refractivity contribution in [1.29, 1.82) is 0 Å². The Labute approximate surface area is 177 Å². The summed E-state index contributed by atoms with van der Waals surface area (Å²) in [4.78, 5) is 27.5. The first-order valence-corrected chi connectivity index (χ1v) is 10.1. The second-order valence-electron chi connectivity index (χ2n) is 5.87. The molecule has 0 amide bonds. The maximum absolute atomic E-state index is 11.7. The summed E-state index contributed by atoms with van der Waals surface area (Å²) in [6, 6.07) is 3.16. The average Bonchev–Trinajstić information content (AvgIpc) is 3.04. The maximum atomic E-state index is 11.7. The topological polar surface area (TPSA) is 79.6 Å². The van der Waals surface area contributed by atoms with Crippen molar-refractivity contribution in [2.45, 2.75) is 38.4 Å². The highest BCUT2D eigenvalue weighted by molar-refractivity contribution is 9.09. The van der Waals surface area contributed by atoms with Crippen LogP contribution in [0.2, 0.25) is 15.3 Å². The minimum absolute atomic E-state index is 0.0854. The van der Waals surface area contributed by atoms with Crippen LogP contribution in [-0.2, 0) is 23.8 Å². The molecule has 146 valence electrons. The number of halogens is 4. The Morgan fingerprint density at radius 1 is 1.15 bits per heavy atom. The first kappa shape index (κ1) is 20.7. The Morgan fingerprint density at radius 3 is 2.33 bits per heavy atom. The average molecular weight is 501 g/mol. The van der Waals surface area contributed by atoms with Gasteiger partial charge in [-0.1, -0.05) is 39.1 Å². The second-order valence-corrected chi connectivity index (χ2v) is 7.67. The molecule has 1 saturated heterocycles. The molecule has 27 heavy (non-hydrogen) atoms. The Morgan fingerprint density at radius 2 is 1.74 bits per heavy atom. The van der Waals surface area contributed by atoms with Gasteiger partial charge >= 0.3 is 11.9 Å². The van der Waals surface area contributed by atoms with Crippen molar-refractivity contribution >= 4 is 73.7 Å². The van der Waals surface area contributed by atoms with Crippen LogP contribution in [0.15, 0.2) is 12.1 Å². The van der Waals surface area contributed by atoms with E-state index < -0.39 is 36.5 Å². The lowest BCUT2D eigenvalue weighted by atomic mass is 10.1. The van der Waals surface area contributed by atoms with Gasteiger partial charge in [-0.2, -0.15) is 0 Å². The number of aromatic nitrogens is 2. The van der Waals surface area contributed by atoms with Crippen molar-refractivity contribution in [3.8, 4) is 0 Å². The van der Waals surface area contributed by atoms with Gasteiger partial charge in [-0.15, -0.1) is 0 Å². The summed E-state index contributed by atoms with van der Waals surface area (Å²) >= 11 is 21.8. The Bertz CT molecular complexity index is 906. The van der Waals surface area contributed by atoms with Gasteiger partial charge in [0.1, 0.15) is 6.10 Å². The molecule has 0 N–H and O–H groups in total. The van der Waals surface area contributed by atoms with Gasteiger partial charge in [-0.3, -0.25) is 14.2 Å². The van der Waals surface area contributed by atoms with Crippen molar-refractivity contribution in [2.24, 2.45) is 0 Å². The van der Waals surface area contributed by atoms with Crippen molar-refractivity contribution in [2.75, 3.05) is 5.33 Å². The summed E-state index contributed by atoms with van der Waals surface area (Å²) in [6.45, 7) is 2.53. The number of carbonyl (C=O) groups is 2. The van der Waals surface area contributed by atoms with Crippen molar-refractivity contribution in [1.82, 2.24) is 9.55 Å². The van der Waals surface area contributed by atoms with E-state index in [9.17, 15) is 9.59 Å². The first-order valence-electron chi connectivity index (χ1n) is 7.81. The number of imidazole rings is 1. The van der Waals surface area contributed by atoms with Gasteiger partial charge in [-0.25, -0.2) is 4.98 Å². The van der Waals surface area contributed by atoms with Crippen molar-refractivity contribution in [3.05, 3.63) is 27.5 Å². The van der Waals surface area contributed by atoms with Crippen LogP contribution in [0.4, 0.5) is 0 Å². The third-order valence-electron chi connectivity index (χ3n) is 3.98. The normalized spacial score (nSPS) is 25.0. The van der Waals surface area contributed by atoms with E-state index in [4.69, 9.17) is 49.0 Å². The van der Waals surface area contributed by atoms with Gasteiger partial charge < -0.3 is 14.2 Å². The molecule has 0 unspecified atom stereocenters. The van der Waals surface area contributed by atoms with Gasteiger partial charge in [0.25, 0.3) is 0 Å². The molecule has 2 heterocycles. The van der Waals surface area contributed by atoms with E-state index in [0.717, 1.165) is 0 Å².